The van der Waals surface area contributed by atoms with Crippen molar-refractivity contribution in [3.05, 3.63) is 53.7 Å². The van der Waals surface area contributed by atoms with Gasteiger partial charge in [-0.1, -0.05) is 30.5 Å². The Balaban J connectivity index is 1.76. The second-order valence-electron chi connectivity index (χ2n) is 7.25. The highest BCUT2D eigenvalue weighted by atomic mass is 16.5. The van der Waals surface area contributed by atoms with Crippen LogP contribution in [0.1, 0.15) is 42.9 Å². The van der Waals surface area contributed by atoms with Crippen molar-refractivity contribution in [3.8, 4) is 23.0 Å². The maximum Gasteiger partial charge on any atom is 0.430 e. The van der Waals surface area contributed by atoms with Gasteiger partial charge >= 0.3 is 5.95 Å². The molecule has 0 radical (unpaired) electrons. The van der Waals surface area contributed by atoms with E-state index in [1.54, 1.807) is 0 Å². The standard InChI is InChI=1S/C19H20N7O2/c1-11(2)18-20-19(23-28-18)25-7-6-24-14-5-4-12(3)8-13(14)17-22-21-15(10-27)26(17)9-16(24)25/h4-8,11,27H,9-10H2,1-3H3/q+1. The average molecular weight is 378 g/mol. The lowest BCUT2D eigenvalue weighted by Gasteiger charge is -2.06. The van der Waals surface area contributed by atoms with Gasteiger partial charge in [-0.15, -0.1) is 10.2 Å². The van der Waals surface area contributed by atoms with Crippen molar-refractivity contribution in [2.24, 2.45) is 0 Å². The molecule has 0 amide bonds. The van der Waals surface area contributed by atoms with E-state index in [-0.39, 0.29) is 12.5 Å². The fraction of sp³-hybridized carbons (Fsp3) is 0.316. The molecule has 142 valence electrons. The molecule has 0 saturated heterocycles. The Morgan fingerprint density at radius 3 is 2.89 bits per heavy atom. The molecule has 0 bridgehead atoms. The summed E-state index contributed by atoms with van der Waals surface area (Å²) in [6, 6.07) is 6.22. The van der Waals surface area contributed by atoms with Gasteiger partial charge in [0.05, 0.1) is 23.1 Å². The largest absolute Gasteiger partial charge is 0.430 e. The van der Waals surface area contributed by atoms with Crippen LogP contribution in [0.15, 0.2) is 35.1 Å². The monoisotopic (exact) mass is 378 g/mol. The molecule has 9 nitrogen and oxygen atoms in total. The zero-order valence-electron chi connectivity index (χ0n) is 15.9. The van der Waals surface area contributed by atoms with Crippen LogP contribution in [0.2, 0.25) is 0 Å². The number of benzene rings is 1. The molecule has 5 rings (SSSR count). The van der Waals surface area contributed by atoms with Gasteiger partial charge in [0.2, 0.25) is 5.82 Å². The van der Waals surface area contributed by atoms with Crippen LogP contribution in [0.3, 0.4) is 0 Å². The van der Waals surface area contributed by atoms with Gasteiger partial charge in [0.15, 0.2) is 11.6 Å². The highest BCUT2D eigenvalue weighted by Crippen LogP contribution is 2.31. The number of aromatic nitrogens is 7. The number of aryl methyl sites for hydroxylation is 1. The number of aliphatic hydroxyl groups is 1. The molecule has 0 aliphatic carbocycles. The van der Waals surface area contributed by atoms with Crippen LogP contribution in [0.25, 0.3) is 23.0 Å². The third-order valence-electron chi connectivity index (χ3n) is 4.98. The Kier molecular flexibility index (Phi) is 3.66. The second kappa shape index (κ2) is 6.10. The van der Waals surface area contributed by atoms with Crippen molar-refractivity contribution in [1.82, 2.24) is 29.5 Å². The zero-order chi connectivity index (χ0) is 19.4. The van der Waals surface area contributed by atoms with Crippen molar-refractivity contribution < 1.29 is 14.2 Å². The SMILES string of the molecule is Cc1ccc2c(c1)-c1nnc(CO)n1Cc1n-2cc[n+]1-c1noc(C(C)C)n1. The van der Waals surface area contributed by atoms with E-state index in [4.69, 9.17) is 4.52 Å². The maximum absolute atomic E-state index is 9.75. The molecule has 0 saturated carbocycles. The molecule has 0 fully saturated rings. The van der Waals surface area contributed by atoms with E-state index >= 15 is 0 Å². The summed E-state index contributed by atoms with van der Waals surface area (Å²) in [4.78, 5) is 4.53. The van der Waals surface area contributed by atoms with Gasteiger partial charge in [-0.05, 0) is 19.1 Å². The van der Waals surface area contributed by atoms with Gasteiger partial charge in [-0.25, -0.2) is 4.57 Å². The topological polar surface area (TPSA) is 98.7 Å². The van der Waals surface area contributed by atoms with Crippen molar-refractivity contribution in [3.63, 3.8) is 0 Å². The maximum atomic E-state index is 9.75. The Bertz CT molecular complexity index is 1190. The van der Waals surface area contributed by atoms with Crippen molar-refractivity contribution in [2.75, 3.05) is 0 Å². The lowest BCUT2D eigenvalue weighted by molar-refractivity contribution is -0.612. The third kappa shape index (κ3) is 2.40. The number of fused-ring (bicyclic) bond motifs is 5. The summed E-state index contributed by atoms with van der Waals surface area (Å²) >= 11 is 0. The lowest BCUT2D eigenvalue weighted by Crippen LogP contribution is -2.37. The molecule has 9 heteroatoms. The number of hydrogen-bond donors (Lipinski definition) is 1. The Hall–Kier alpha value is -3.33. The molecule has 4 heterocycles. The smallest absolute Gasteiger partial charge is 0.388 e. The Morgan fingerprint density at radius 2 is 2.14 bits per heavy atom. The highest BCUT2D eigenvalue weighted by Gasteiger charge is 2.30. The first-order valence-electron chi connectivity index (χ1n) is 9.17. The summed E-state index contributed by atoms with van der Waals surface area (Å²) in [5.41, 5.74) is 3.08. The molecule has 1 aliphatic rings. The van der Waals surface area contributed by atoms with Crippen molar-refractivity contribution in [2.45, 2.75) is 39.8 Å². The number of aliphatic hydroxyl groups excluding tert-OH is 1. The molecular weight excluding hydrogens is 358 g/mol. The fourth-order valence-electron chi connectivity index (χ4n) is 3.53. The van der Waals surface area contributed by atoms with E-state index in [0.29, 0.717) is 24.2 Å². The van der Waals surface area contributed by atoms with E-state index < -0.39 is 0 Å². The quantitative estimate of drug-likeness (QED) is 0.480. The molecule has 28 heavy (non-hydrogen) atoms. The van der Waals surface area contributed by atoms with E-state index in [9.17, 15) is 5.11 Å². The van der Waals surface area contributed by atoms with Crippen LogP contribution in [-0.4, -0.2) is 34.6 Å². The molecule has 4 aromatic rings. The van der Waals surface area contributed by atoms with Crippen molar-refractivity contribution >= 4 is 0 Å². The molecule has 0 atom stereocenters. The fourth-order valence-corrected chi connectivity index (χ4v) is 3.53. The van der Waals surface area contributed by atoms with E-state index in [1.165, 1.54) is 0 Å². The first kappa shape index (κ1) is 16.8. The minimum atomic E-state index is -0.186. The highest BCUT2D eigenvalue weighted by molar-refractivity contribution is 5.69. The number of imidazole rings is 1. The molecule has 1 aromatic carbocycles. The number of nitrogens with zero attached hydrogens (tertiary/aromatic N) is 7. The first-order valence-corrected chi connectivity index (χ1v) is 9.17. The summed E-state index contributed by atoms with van der Waals surface area (Å²) in [6.07, 6.45) is 3.90. The summed E-state index contributed by atoms with van der Waals surface area (Å²) in [7, 11) is 0. The summed E-state index contributed by atoms with van der Waals surface area (Å²) in [5, 5.41) is 22.4. The van der Waals surface area contributed by atoms with Crippen LogP contribution >= 0.6 is 0 Å². The van der Waals surface area contributed by atoms with E-state index in [1.807, 2.05) is 42.3 Å². The van der Waals surface area contributed by atoms with Crippen LogP contribution in [-0.2, 0) is 13.2 Å². The first-order chi connectivity index (χ1) is 13.6. The predicted molar refractivity (Wildman–Crippen MR) is 98.0 cm³/mol. The van der Waals surface area contributed by atoms with Gasteiger partial charge in [-0.3, -0.25) is 9.09 Å². The predicted octanol–water partition coefficient (Wildman–Crippen LogP) is 1.68. The van der Waals surface area contributed by atoms with Gasteiger partial charge in [0.25, 0.3) is 5.89 Å². The minimum Gasteiger partial charge on any atom is -0.388 e. The van der Waals surface area contributed by atoms with Crippen molar-refractivity contribution in [1.29, 1.82) is 0 Å². The van der Waals surface area contributed by atoms with E-state index in [2.05, 4.69) is 43.1 Å². The van der Waals surface area contributed by atoms with Crippen LogP contribution < -0.4 is 4.57 Å². The van der Waals surface area contributed by atoms with E-state index in [0.717, 1.165) is 28.5 Å². The van der Waals surface area contributed by atoms with Crippen LogP contribution in [0.5, 0.6) is 0 Å². The molecule has 1 N–H and O–H groups in total. The minimum absolute atomic E-state index is 0.150. The molecule has 0 unspecified atom stereocenters. The number of rotatable bonds is 3. The summed E-state index contributed by atoms with van der Waals surface area (Å²) < 4.78 is 11.3. The second-order valence-corrected chi connectivity index (χ2v) is 7.25. The van der Waals surface area contributed by atoms with Gasteiger partial charge in [-0.2, -0.15) is 4.57 Å². The van der Waals surface area contributed by atoms with Crippen LogP contribution in [0, 0.1) is 6.92 Å². The normalized spacial score (nSPS) is 12.6. The van der Waals surface area contributed by atoms with Gasteiger partial charge < -0.3 is 5.11 Å². The average Bonchev–Trinajstić information content (AvgIpc) is 3.38. The van der Waals surface area contributed by atoms with Gasteiger partial charge in [0, 0.05) is 5.92 Å². The molecule has 0 spiro atoms. The zero-order valence-corrected chi connectivity index (χ0v) is 15.9. The summed E-state index contributed by atoms with van der Waals surface area (Å²) in [6.45, 7) is 6.34. The molecule has 1 aliphatic heterocycles. The van der Waals surface area contributed by atoms with Gasteiger partial charge in [0.1, 0.15) is 18.8 Å². The Morgan fingerprint density at radius 1 is 1.29 bits per heavy atom. The molecule has 3 aromatic heterocycles. The third-order valence-corrected chi connectivity index (χ3v) is 4.98. The number of hydrogen-bond acceptors (Lipinski definition) is 6. The lowest BCUT2D eigenvalue weighted by atomic mass is 10.1. The van der Waals surface area contributed by atoms with Crippen LogP contribution in [0.4, 0.5) is 0 Å². The Labute approximate surface area is 160 Å². The summed E-state index contributed by atoms with van der Waals surface area (Å²) in [5.74, 6) is 3.38. The molecular formula is C19H20N7O2+.